The van der Waals surface area contributed by atoms with Crippen molar-refractivity contribution in [3.8, 4) is 0 Å². The Balaban J connectivity index is 1.46. The van der Waals surface area contributed by atoms with Crippen LogP contribution in [0.25, 0.3) is 5.78 Å². The maximum atomic E-state index is 13.2. The zero-order chi connectivity index (χ0) is 19.0. The molecule has 4 heterocycles. The van der Waals surface area contributed by atoms with E-state index in [1.807, 2.05) is 16.7 Å². The second-order valence-corrected chi connectivity index (χ2v) is 7.03. The van der Waals surface area contributed by atoms with E-state index in [1.165, 1.54) is 12.3 Å². The van der Waals surface area contributed by atoms with Crippen LogP contribution in [0, 0.1) is 0 Å². The van der Waals surface area contributed by atoms with E-state index in [-0.39, 0.29) is 5.82 Å². The summed E-state index contributed by atoms with van der Waals surface area (Å²) in [6.07, 6.45) is 0.551. The summed E-state index contributed by atoms with van der Waals surface area (Å²) in [5.41, 5.74) is 0.170. The maximum Gasteiger partial charge on any atom is 0.419 e. The van der Waals surface area contributed by atoms with Crippen LogP contribution in [0.15, 0.2) is 41.4 Å². The summed E-state index contributed by atoms with van der Waals surface area (Å²) in [5, 5.41) is 0. The highest BCUT2D eigenvalue weighted by atomic mass is 79.9. The lowest BCUT2D eigenvalue weighted by molar-refractivity contribution is -0.137. The summed E-state index contributed by atoms with van der Waals surface area (Å²) >= 11 is 3.55. The summed E-state index contributed by atoms with van der Waals surface area (Å²) in [4.78, 5) is 16.6. The number of hydrogen-bond acceptors (Lipinski definition) is 5. The molecule has 0 unspecified atom stereocenters. The van der Waals surface area contributed by atoms with Crippen molar-refractivity contribution in [2.24, 2.45) is 0 Å². The molecule has 0 bridgehead atoms. The molecule has 142 valence electrons. The van der Waals surface area contributed by atoms with Gasteiger partial charge < -0.3 is 4.90 Å². The van der Waals surface area contributed by atoms with Crippen LogP contribution >= 0.6 is 15.9 Å². The quantitative estimate of drug-likeness (QED) is 0.625. The molecule has 10 heteroatoms. The van der Waals surface area contributed by atoms with Crippen molar-refractivity contribution >= 4 is 27.5 Å². The SMILES string of the molecule is FC(F)(F)c1cccnc1N1CCN(Cc2nc3ncccn3c2Br)CC1. The third kappa shape index (κ3) is 3.63. The molecule has 4 rings (SSSR count). The van der Waals surface area contributed by atoms with E-state index < -0.39 is 11.7 Å². The maximum absolute atomic E-state index is 13.2. The third-order valence-electron chi connectivity index (χ3n) is 4.55. The summed E-state index contributed by atoms with van der Waals surface area (Å²) in [6, 6.07) is 4.22. The second-order valence-electron chi connectivity index (χ2n) is 6.27. The average Bonchev–Trinajstić information content (AvgIpc) is 2.98. The summed E-state index contributed by atoms with van der Waals surface area (Å²) < 4.78 is 42.3. The largest absolute Gasteiger partial charge is 0.419 e. The Labute approximate surface area is 161 Å². The fourth-order valence-corrected chi connectivity index (χ4v) is 3.70. The number of hydrogen-bond donors (Lipinski definition) is 0. The molecule has 1 saturated heterocycles. The number of imidazole rings is 1. The highest BCUT2D eigenvalue weighted by Gasteiger charge is 2.36. The molecule has 0 N–H and O–H groups in total. The Morgan fingerprint density at radius 2 is 1.78 bits per heavy atom. The van der Waals surface area contributed by atoms with E-state index >= 15 is 0 Å². The molecular weight excluding hydrogens is 425 g/mol. The Morgan fingerprint density at radius 1 is 1.04 bits per heavy atom. The van der Waals surface area contributed by atoms with Gasteiger partial charge in [0.1, 0.15) is 10.4 Å². The van der Waals surface area contributed by atoms with Crippen LogP contribution in [0.3, 0.4) is 0 Å². The third-order valence-corrected chi connectivity index (χ3v) is 5.39. The zero-order valence-corrected chi connectivity index (χ0v) is 15.8. The first-order valence-electron chi connectivity index (χ1n) is 8.40. The molecule has 0 aromatic carbocycles. The predicted molar refractivity (Wildman–Crippen MR) is 97.4 cm³/mol. The van der Waals surface area contributed by atoms with Gasteiger partial charge in [0.05, 0.1) is 11.3 Å². The molecule has 0 aliphatic carbocycles. The van der Waals surface area contributed by atoms with Crippen molar-refractivity contribution in [1.82, 2.24) is 24.3 Å². The fraction of sp³-hybridized carbons (Fsp3) is 0.353. The van der Waals surface area contributed by atoms with Gasteiger partial charge in [-0.3, -0.25) is 9.30 Å². The molecule has 1 aliphatic heterocycles. The molecule has 6 nitrogen and oxygen atoms in total. The number of halogens is 4. The highest BCUT2D eigenvalue weighted by Crippen LogP contribution is 2.35. The van der Waals surface area contributed by atoms with Crippen LogP contribution in [0.2, 0.25) is 0 Å². The van der Waals surface area contributed by atoms with Crippen molar-refractivity contribution in [2.45, 2.75) is 12.7 Å². The average molecular weight is 441 g/mol. The van der Waals surface area contributed by atoms with Crippen molar-refractivity contribution in [3.63, 3.8) is 0 Å². The number of anilines is 1. The topological polar surface area (TPSA) is 49.6 Å². The fourth-order valence-electron chi connectivity index (χ4n) is 3.21. The highest BCUT2D eigenvalue weighted by molar-refractivity contribution is 9.10. The normalized spacial score (nSPS) is 16.2. The smallest absolute Gasteiger partial charge is 0.354 e. The first-order chi connectivity index (χ1) is 12.9. The Hall–Kier alpha value is -2.20. The molecule has 1 aliphatic rings. The van der Waals surface area contributed by atoms with E-state index in [2.05, 4.69) is 35.8 Å². The van der Waals surface area contributed by atoms with Gasteiger partial charge in [0.15, 0.2) is 0 Å². The summed E-state index contributed by atoms with van der Waals surface area (Å²) in [6.45, 7) is 2.81. The van der Waals surface area contributed by atoms with Gasteiger partial charge in [-0.15, -0.1) is 0 Å². The molecule has 27 heavy (non-hydrogen) atoms. The molecule has 3 aromatic rings. The first-order valence-corrected chi connectivity index (χ1v) is 9.20. The van der Waals surface area contributed by atoms with E-state index in [1.54, 1.807) is 11.1 Å². The van der Waals surface area contributed by atoms with Crippen LogP contribution in [0.4, 0.5) is 19.0 Å². The van der Waals surface area contributed by atoms with Crippen molar-refractivity contribution in [3.05, 3.63) is 52.7 Å². The van der Waals surface area contributed by atoms with Crippen LogP contribution in [-0.2, 0) is 12.7 Å². The van der Waals surface area contributed by atoms with Crippen molar-refractivity contribution < 1.29 is 13.2 Å². The molecule has 1 fully saturated rings. The van der Waals surface area contributed by atoms with Gasteiger partial charge in [-0.05, 0) is 34.1 Å². The van der Waals surface area contributed by atoms with Gasteiger partial charge in [0, 0.05) is 51.3 Å². The van der Waals surface area contributed by atoms with Crippen molar-refractivity contribution in [2.75, 3.05) is 31.1 Å². The molecular formula is C17H16BrF3N6. The lowest BCUT2D eigenvalue weighted by Crippen LogP contribution is -2.46. The number of nitrogens with zero attached hydrogens (tertiary/aromatic N) is 6. The molecule has 0 amide bonds. The Morgan fingerprint density at radius 3 is 2.48 bits per heavy atom. The summed E-state index contributed by atoms with van der Waals surface area (Å²) in [7, 11) is 0. The standard InChI is InChI=1S/C17H16BrF3N6/c18-14-13(24-16-23-5-2-6-27(14)16)11-25-7-9-26(10-8-25)15-12(17(19,20)21)3-1-4-22-15/h1-6H,7-11H2. The van der Waals surface area contributed by atoms with E-state index in [0.29, 0.717) is 38.5 Å². The zero-order valence-electron chi connectivity index (χ0n) is 14.2. The van der Waals surface area contributed by atoms with Gasteiger partial charge >= 0.3 is 6.18 Å². The monoisotopic (exact) mass is 440 g/mol. The van der Waals surface area contributed by atoms with Crippen LogP contribution < -0.4 is 4.90 Å². The van der Waals surface area contributed by atoms with Crippen molar-refractivity contribution in [1.29, 1.82) is 0 Å². The van der Waals surface area contributed by atoms with Crippen LogP contribution in [-0.4, -0.2) is 50.4 Å². The van der Waals surface area contributed by atoms with Crippen LogP contribution in [0.5, 0.6) is 0 Å². The van der Waals surface area contributed by atoms with E-state index in [9.17, 15) is 13.2 Å². The van der Waals surface area contributed by atoms with E-state index in [0.717, 1.165) is 16.4 Å². The van der Waals surface area contributed by atoms with Gasteiger partial charge in [0.2, 0.25) is 5.78 Å². The molecule has 0 saturated carbocycles. The minimum Gasteiger partial charge on any atom is -0.354 e. The number of rotatable bonds is 3. The minimum absolute atomic E-state index is 0.00256. The van der Waals surface area contributed by atoms with Gasteiger partial charge in [-0.25, -0.2) is 15.0 Å². The molecule has 3 aromatic heterocycles. The minimum atomic E-state index is -4.41. The number of alkyl halides is 3. The Kier molecular flexibility index (Phi) is 4.77. The first kappa shape index (κ1) is 18.2. The van der Waals surface area contributed by atoms with Gasteiger partial charge in [0.25, 0.3) is 0 Å². The number of aromatic nitrogens is 4. The number of fused-ring (bicyclic) bond motifs is 1. The lowest BCUT2D eigenvalue weighted by atomic mass is 10.2. The second kappa shape index (κ2) is 7.08. The number of pyridine rings is 1. The van der Waals surface area contributed by atoms with Crippen LogP contribution in [0.1, 0.15) is 11.3 Å². The van der Waals surface area contributed by atoms with Gasteiger partial charge in [-0.1, -0.05) is 0 Å². The predicted octanol–water partition coefficient (Wildman–Crippen LogP) is 3.23. The molecule has 0 spiro atoms. The Bertz CT molecular complexity index is 949. The molecule has 0 radical (unpaired) electrons. The molecule has 0 atom stereocenters. The van der Waals surface area contributed by atoms with Gasteiger partial charge in [-0.2, -0.15) is 13.2 Å². The summed E-state index contributed by atoms with van der Waals surface area (Å²) in [5.74, 6) is 0.615. The van der Waals surface area contributed by atoms with E-state index in [4.69, 9.17) is 0 Å². The lowest BCUT2D eigenvalue weighted by Gasteiger charge is -2.36. The number of piperazine rings is 1.